The number of hydrogen-bond acceptors (Lipinski definition) is 2. The molecule has 1 atom stereocenters. The van der Waals surface area contributed by atoms with Gasteiger partial charge in [-0.1, -0.05) is 30.3 Å². The van der Waals surface area contributed by atoms with Gasteiger partial charge in [0.1, 0.15) is 0 Å². The lowest BCUT2D eigenvalue weighted by Crippen LogP contribution is -2.50. The van der Waals surface area contributed by atoms with Crippen LogP contribution in [0.4, 0.5) is 0 Å². The van der Waals surface area contributed by atoms with Gasteiger partial charge in [-0.3, -0.25) is 4.79 Å². The van der Waals surface area contributed by atoms with Gasteiger partial charge in [0.2, 0.25) is 5.91 Å². The third-order valence-corrected chi connectivity index (χ3v) is 3.02. The van der Waals surface area contributed by atoms with Crippen molar-refractivity contribution < 1.29 is 4.79 Å². The molecule has 0 aromatic heterocycles. The Balaban J connectivity index is 2.48. The molecule has 0 bridgehead atoms. The number of nitrogens with two attached hydrogens (primary N) is 1. The first-order chi connectivity index (χ1) is 8.94. The lowest BCUT2D eigenvalue weighted by Gasteiger charge is -2.27. The standard InChI is InChI=1S/C16H22N2O/c1-4-8-14(17)15(19)18-16(2,3)12-11-13-9-6-5-7-10-13/h1,5-7,9-10,14H,8,11-12,17H2,2-3H3,(H,18,19). The fraction of sp³-hybridized carbons (Fsp3) is 0.438. The van der Waals surface area contributed by atoms with E-state index in [0.29, 0.717) is 0 Å². The lowest BCUT2D eigenvalue weighted by molar-refractivity contribution is -0.123. The van der Waals surface area contributed by atoms with E-state index in [9.17, 15) is 4.79 Å². The van der Waals surface area contributed by atoms with Gasteiger partial charge in [0, 0.05) is 12.0 Å². The molecule has 1 rings (SSSR count). The largest absolute Gasteiger partial charge is 0.350 e. The Morgan fingerprint density at radius 1 is 1.42 bits per heavy atom. The Morgan fingerprint density at radius 3 is 2.63 bits per heavy atom. The van der Waals surface area contributed by atoms with E-state index in [1.165, 1.54) is 5.56 Å². The van der Waals surface area contributed by atoms with Crippen molar-refractivity contribution in [2.75, 3.05) is 0 Å². The highest BCUT2D eigenvalue weighted by molar-refractivity contribution is 5.82. The summed E-state index contributed by atoms with van der Waals surface area (Å²) in [7, 11) is 0. The Kier molecular flexibility index (Phi) is 5.59. The Hall–Kier alpha value is -1.79. The summed E-state index contributed by atoms with van der Waals surface area (Å²) >= 11 is 0. The van der Waals surface area contributed by atoms with Crippen molar-refractivity contribution in [1.29, 1.82) is 0 Å². The molecule has 1 unspecified atom stereocenters. The van der Waals surface area contributed by atoms with E-state index < -0.39 is 6.04 Å². The molecular formula is C16H22N2O. The van der Waals surface area contributed by atoms with Crippen molar-refractivity contribution in [3.05, 3.63) is 35.9 Å². The van der Waals surface area contributed by atoms with Gasteiger partial charge in [0.05, 0.1) is 6.04 Å². The number of benzene rings is 1. The maximum atomic E-state index is 11.8. The van der Waals surface area contributed by atoms with Crippen LogP contribution in [-0.2, 0) is 11.2 Å². The molecule has 0 saturated heterocycles. The van der Waals surface area contributed by atoms with Gasteiger partial charge in [-0.15, -0.1) is 12.3 Å². The molecule has 3 nitrogen and oxygen atoms in total. The van der Waals surface area contributed by atoms with Crippen LogP contribution in [0.2, 0.25) is 0 Å². The number of aryl methyl sites for hydroxylation is 1. The number of amides is 1. The molecule has 19 heavy (non-hydrogen) atoms. The Bertz CT molecular complexity index is 446. The van der Waals surface area contributed by atoms with Gasteiger partial charge in [-0.05, 0) is 32.3 Å². The van der Waals surface area contributed by atoms with Gasteiger partial charge in [0.25, 0.3) is 0 Å². The van der Waals surface area contributed by atoms with Crippen molar-refractivity contribution in [2.45, 2.75) is 44.7 Å². The predicted octanol–water partition coefficient (Wildman–Crippen LogP) is 1.86. The first-order valence-electron chi connectivity index (χ1n) is 6.49. The van der Waals surface area contributed by atoms with Crippen LogP contribution in [0.1, 0.15) is 32.3 Å². The van der Waals surface area contributed by atoms with Crippen LogP contribution in [-0.4, -0.2) is 17.5 Å². The number of carbonyl (C=O) groups excluding carboxylic acids is 1. The molecule has 3 heteroatoms. The van der Waals surface area contributed by atoms with E-state index in [1.807, 2.05) is 32.0 Å². The highest BCUT2D eigenvalue weighted by Gasteiger charge is 2.23. The third kappa shape index (κ3) is 5.58. The van der Waals surface area contributed by atoms with Gasteiger partial charge >= 0.3 is 0 Å². The summed E-state index contributed by atoms with van der Waals surface area (Å²) in [5, 5.41) is 2.95. The van der Waals surface area contributed by atoms with E-state index in [1.54, 1.807) is 0 Å². The first kappa shape index (κ1) is 15.3. The van der Waals surface area contributed by atoms with E-state index in [-0.39, 0.29) is 17.9 Å². The highest BCUT2D eigenvalue weighted by atomic mass is 16.2. The highest BCUT2D eigenvalue weighted by Crippen LogP contribution is 2.13. The molecule has 3 N–H and O–H groups in total. The molecule has 1 aromatic carbocycles. The van der Waals surface area contributed by atoms with Crippen LogP contribution in [0.25, 0.3) is 0 Å². The quantitative estimate of drug-likeness (QED) is 0.765. The van der Waals surface area contributed by atoms with Crippen LogP contribution in [0.3, 0.4) is 0 Å². The summed E-state index contributed by atoms with van der Waals surface area (Å²) in [6, 6.07) is 9.58. The van der Waals surface area contributed by atoms with Gasteiger partial charge in [-0.2, -0.15) is 0 Å². The number of terminal acetylenes is 1. The summed E-state index contributed by atoms with van der Waals surface area (Å²) in [6.45, 7) is 3.99. The molecule has 1 aromatic rings. The zero-order valence-corrected chi connectivity index (χ0v) is 11.6. The number of carbonyl (C=O) groups is 1. The molecule has 0 fully saturated rings. The Labute approximate surface area is 115 Å². The summed E-state index contributed by atoms with van der Waals surface area (Å²) in [5.41, 5.74) is 6.66. The van der Waals surface area contributed by atoms with Gasteiger partial charge in [-0.25, -0.2) is 0 Å². The van der Waals surface area contributed by atoms with Crippen LogP contribution in [0.5, 0.6) is 0 Å². The fourth-order valence-corrected chi connectivity index (χ4v) is 1.81. The van der Waals surface area contributed by atoms with Crippen molar-refractivity contribution in [3.8, 4) is 12.3 Å². The minimum atomic E-state index is -0.624. The lowest BCUT2D eigenvalue weighted by atomic mass is 9.94. The SMILES string of the molecule is C#CCC(N)C(=O)NC(C)(C)CCc1ccccc1. The Morgan fingerprint density at radius 2 is 2.05 bits per heavy atom. The summed E-state index contributed by atoms with van der Waals surface area (Å²) in [4.78, 5) is 11.8. The number of nitrogens with one attached hydrogen (secondary N) is 1. The third-order valence-electron chi connectivity index (χ3n) is 3.02. The zero-order valence-electron chi connectivity index (χ0n) is 11.6. The van der Waals surface area contributed by atoms with Crippen LogP contribution in [0, 0.1) is 12.3 Å². The molecule has 1 amide bonds. The number of hydrogen-bond donors (Lipinski definition) is 2. The van der Waals surface area contributed by atoms with E-state index >= 15 is 0 Å². The van der Waals surface area contributed by atoms with E-state index in [0.717, 1.165) is 12.8 Å². The smallest absolute Gasteiger partial charge is 0.238 e. The van der Waals surface area contributed by atoms with Crippen molar-refractivity contribution in [1.82, 2.24) is 5.32 Å². The molecule has 0 aliphatic carbocycles. The molecule has 0 heterocycles. The molecule has 0 aliphatic heterocycles. The van der Waals surface area contributed by atoms with Crippen molar-refractivity contribution in [3.63, 3.8) is 0 Å². The maximum Gasteiger partial charge on any atom is 0.238 e. The van der Waals surface area contributed by atoms with E-state index in [2.05, 4.69) is 23.4 Å². The van der Waals surface area contributed by atoms with Crippen LogP contribution >= 0.6 is 0 Å². The van der Waals surface area contributed by atoms with Crippen molar-refractivity contribution in [2.24, 2.45) is 5.73 Å². The summed E-state index contributed by atoms with van der Waals surface area (Å²) < 4.78 is 0. The van der Waals surface area contributed by atoms with Gasteiger partial charge < -0.3 is 11.1 Å². The zero-order chi connectivity index (χ0) is 14.3. The van der Waals surface area contributed by atoms with Crippen LogP contribution in [0.15, 0.2) is 30.3 Å². The molecule has 102 valence electrons. The molecular weight excluding hydrogens is 236 g/mol. The molecule has 0 spiro atoms. The second-order valence-corrected chi connectivity index (χ2v) is 5.37. The normalized spacial score (nSPS) is 12.5. The minimum Gasteiger partial charge on any atom is -0.350 e. The van der Waals surface area contributed by atoms with Crippen LogP contribution < -0.4 is 11.1 Å². The maximum absolute atomic E-state index is 11.8. The van der Waals surface area contributed by atoms with E-state index in [4.69, 9.17) is 12.2 Å². The average molecular weight is 258 g/mol. The average Bonchev–Trinajstić information content (AvgIpc) is 2.37. The topological polar surface area (TPSA) is 55.1 Å². The predicted molar refractivity (Wildman–Crippen MR) is 78.4 cm³/mol. The van der Waals surface area contributed by atoms with Gasteiger partial charge in [0.15, 0.2) is 0 Å². The summed E-state index contributed by atoms with van der Waals surface area (Å²) in [5.74, 6) is 2.22. The van der Waals surface area contributed by atoms with Crippen molar-refractivity contribution >= 4 is 5.91 Å². The monoisotopic (exact) mass is 258 g/mol. The second kappa shape index (κ2) is 6.96. The molecule has 0 aliphatic rings. The minimum absolute atomic E-state index is 0.184. The second-order valence-electron chi connectivity index (χ2n) is 5.37. The number of rotatable bonds is 6. The fourth-order valence-electron chi connectivity index (χ4n) is 1.81. The molecule has 0 saturated carbocycles. The summed E-state index contributed by atoms with van der Waals surface area (Å²) in [6.07, 6.45) is 7.19. The first-order valence-corrected chi connectivity index (χ1v) is 6.49. The molecule has 0 radical (unpaired) electrons.